The van der Waals surface area contributed by atoms with Gasteiger partial charge < -0.3 is 14.8 Å². The third kappa shape index (κ3) is 5.85. The minimum atomic E-state index is -0.103. The normalized spacial score (nSPS) is 18.6. The molecule has 0 aliphatic carbocycles. The van der Waals surface area contributed by atoms with Gasteiger partial charge >= 0.3 is 0 Å². The third-order valence-electron chi connectivity index (χ3n) is 3.44. The summed E-state index contributed by atoms with van der Waals surface area (Å²) in [4.78, 5) is 11.7. The lowest BCUT2D eigenvalue weighted by Gasteiger charge is -2.22. The number of amides is 1. The Morgan fingerprint density at radius 2 is 2.48 bits per heavy atom. The summed E-state index contributed by atoms with van der Waals surface area (Å²) in [5.74, 6) is -0.103. The highest BCUT2D eigenvalue weighted by molar-refractivity contribution is 5.77. The Bertz CT molecular complexity index is 428. The van der Waals surface area contributed by atoms with Crippen molar-refractivity contribution in [1.29, 1.82) is 0 Å². The first kappa shape index (κ1) is 16.0. The topological polar surface area (TPSA) is 65.4 Å². The van der Waals surface area contributed by atoms with E-state index in [2.05, 4.69) is 17.3 Å². The highest BCUT2D eigenvalue weighted by Crippen LogP contribution is 2.12. The van der Waals surface area contributed by atoms with Crippen LogP contribution in [0.15, 0.2) is 12.4 Å². The van der Waals surface area contributed by atoms with Gasteiger partial charge in [-0.05, 0) is 25.7 Å². The van der Waals surface area contributed by atoms with Gasteiger partial charge in [-0.15, -0.1) is 0 Å². The van der Waals surface area contributed by atoms with Crippen molar-refractivity contribution in [2.75, 3.05) is 19.8 Å². The maximum absolute atomic E-state index is 11.7. The zero-order valence-electron chi connectivity index (χ0n) is 12.7. The van der Waals surface area contributed by atoms with Gasteiger partial charge in [-0.2, -0.15) is 5.10 Å². The van der Waals surface area contributed by atoms with Crippen LogP contribution in [0.5, 0.6) is 0 Å². The molecule has 1 aromatic rings. The maximum atomic E-state index is 11.7. The molecule has 118 valence electrons. The zero-order chi connectivity index (χ0) is 14.9. The Kier molecular flexibility index (Phi) is 6.69. The number of hydrogen-bond acceptors (Lipinski definition) is 4. The molecule has 1 aliphatic heterocycles. The van der Waals surface area contributed by atoms with Gasteiger partial charge in [-0.1, -0.05) is 6.92 Å². The van der Waals surface area contributed by atoms with Gasteiger partial charge in [0.15, 0.2) is 0 Å². The van der Waals surface area contributed by atoms with Crippen LogP contribution in [0.2, 0.25) is 0 Å². The molecule has 0 bridgehead atoms. The quantitative estimate of drug-likeness (QED) is 0.789. The van der Waals surface area contributed by atoms with Gasteiger partial charge in [0.25, 0.3) is 0 Å². The lowest BCUT2D eigenvalue weighted by molar-refractivity contribution is -0.128. The first-order valence-corrected chi connectivity index (χ1v) is 7.75. The number of hydrogen-bond donors (Lipinski definition) is 1. The largest absolute Gasteiger partial charge is 0.376 e. The molecule has 2 rings (SSSR count). The summed E-state index contributed by atoms with van der Waals surface area (Å²) in [6.07, 6.45) is 8.28. The van der Waals surface area contributed by atoms with Gasteiger partial charge in [0, 0.05) is 31.5 Å². The molecule has 1 atom stereocenters. The molecule has 0 saturated carbocycles. The summed E-state index contributed by atoms with van der Waals surface area (Å²) >= 11 is 0. The van der Waals surface area contributed by atoms with Crippen molar-refractivity contribution >= 4 is 5.91 Å². The number of ether oxygens (including phenoxy) is 2. The molecule has 0 unspecified atom stereocenters. The number of nitrogens with zero attached hydrogens (tertiary/aromatic N) is 2. The molecule has 1 amide bonds. The minimum absolute atomic E-state index is 0.0863. The van der Waals surface area contributed by atoms with Crippen molar-refractivity contribution in [2.24, 2.45) is 0 Å². The molecule has 1 saturated heterocycles. The average molecular weight is 295 g/mol. The van der Waals surface area contributed by atoms with E-state index in [0.29, 0.717) is 13.2 Å². The van der Waals surface area contributed by atoms with Crippen LogP contribution >= 0.6 is 0 Å². The SMILES string of the molecule is CCCn1cc(CNC(=O)COC[C@H]2CCCCO2)cn1. The van der Waals surface area contributed by atoms with E-state index in [1.807, 2.05) is 10.9 Å². The van der Waals surface area contributed by atoms with Gasteiger partial charge in [0.05, 0.1) is 18.9 Å². The fourth-order valence-corrected chi connectivity index (χ4v) is 2.32. The summed E-state index contributed by atoms with van der Waals surface area (Å²) in [5, 5.41) is 7.06. The van der Waals surface area contributed by atoms with E-state index in [-0.39, 0.29) is 18.6 Å². The average Bonchev–Trinajstić information content (AvgIpc) is 2.94. The lowest BCUT2D eigenvalue weighted by atomic mass is 10.1. The summed E-state index contributed by atoms with van der Waals surface area (Å²) in [5.41, 5.74) is 1.01. The standard InChI is InChI=1S/C15H25N3O3/c1-2-6-18-10-13(9-17-18)8-16-15(19)12-20-11-14-5-3-4-7-21-14/h9-10,14H,2-8,11-12H2,1H3,(H,16,19)/t14-/m1/s1. The molecule has 1 fully saturated rings. The van der Waals surface area contributed by atoms with Crippen LogP contribution in [0, 0.1) is 0 Å². The number of aryl methyl sites for hydroxylation is 1. The Labute approximate surface area is 125 Å². The van der Waals surface area contributed by atoms with E-state index >= 15 is 0 Å². The molecule has 0 spiro atoms. The zero-order valence-corrected chi connectivity index (χ0v) is 12.7. The van der Waals surface area contributed by atoms with Crippen molar-refractivity contribution in [3.63, 3.8) is 0 Å². The van der Waals surface area contributed by atoms with Gasteiger partial charge in [-0.3, -0.25) is 9.48 Å². The molecule has 6 heteroatoms. The molecule has 2 heterocycles. The molecule has 6 nitrogen and oxygen atoms in total. The number of nitrogens with one attached hydrogen (secondary N) is 1. The van der Waals surface area contributed by atoms with Crippen LogP contribution < -0.4 is 5.32 Å². The molecule has 1 aliphatic rings. The highest BCUT2D eigenvalue weighted by Gasteiger charge is 2.14. The molecule has 1 aromatic heterocycles. The fraction of sp³-hybridized carbons (Fsp3) is 0.733. The lowest BCUT2D eigenvalue weighted by Crippen LogP contribution is -2.30. The predicted octanol–water partition coefficient (Wildman–Crippen LogP) is 1.49. The summed E-state index contributed by atoms with van der Waals surface area (Å²) in [6, 6.07) is 0. The summed E-state index contributed by atoms with van der Waals surface area (Å²) in [7, 11) is 0. The molecule has 0 aromatic carbocycles. The summed E-state index contributed by atoms with van der Waals surface area (Å²) in [6.45, 7) is 4.90. The Balaban J connectivity index is 1.58. The number of aromatic nitrogens is 2. The summed E-state index contributed by atoms with van der Waals surface area (Å²) < 4.78 is 12.8. The second-order valence-corrected chi connectivity index (χ2v) is 5.39. The van der Waals surface area contributed by atoms with Crippen molar-refractivity contribution in [3.05, 3.63) is 18.0 Å². The van der Waals surface area contributed by atoms with Crippen LogP contribution in [0.4, 0.5) is 0 Å². The van der Waals surface area contributed by atoms with Crippen molar-refractivity contribution in [2.45, 2.75) is 51.8 Å². The van der Waals surface area contributed by atoms with Crippen molar-refractivity contribution in [3.8, 4) is 0 Å². The minimum Gasteiger partial charge on any atom is -0.376 e. The van der Waals surface area contributed by atoms with E-state index in [1.54, 1.807) is 6.20 Å². The highest BCUT2D eigenvalue weighted by atomic mass is 16.5. The van der Waals surface area contributed by atoms with Crippen LogP contribution in [-0.2, 0) is 27.4 Å². The number of carbonyl (C=O) groups excluding carboxylic acids is 1. The first-order chi connectivity index (χ1) is 10.3. The van der Waals surface area contributed by atoms with E-state index in [4.69, 9.17) is 9.47 Å². The molecule has 0 radical (unpaired) electrons. The second kappa shape index (κ2) is 8.79. The Morgan fingerprint density at radius 3 is 3.24 bits per heavy atom. The van der Waals surface area contributed by atoms with Crippen LogP contribution in [0.1, 0.15) is 38.2 Å². The molecular formula is C15H25N3O3. The number of carbonyl (C=O) groups is 1. The van der Waals surface area contributed by atoms with Crippen molar-refractivity contribution < 1.29 is 14.3 Å². The van der Waals surface area contributed by atoms with Gasteiger partial charge in [0.2, 0.25) is 5.91 Å². The molecule has 1 N–H and O–H groups in total. The molecule has 21 heavy (non-hydrogen) atoms. The van der Waals surface area contributed by atoms with Crippen molar-refractivity contribution in [1.82, 2.24) is 15.1 Å². The third-order valence-corrected chi connectivity index (χ3v) is 3.44. The second-order valence-electron chi connectivity index (χ2n) is 5.39. The van der Waals surface area contributed by atoms with Gasteiger partial charge in [-0.25, -0.2) is 0 Å². The van der Waals surface area contributed by atoms with Gasteiger partial charge in [0.1, 0.15) is 6.61 Å². The Morgan fingerprint density at radius 1 is 1.57 bits per heavy atom. The van der Waals surface area contributed by atoms with E-state index < -0.39 is 0 Å². The van der Waals surface area contributed by atoms with E-state index in [1.165, 1.54) is 6.42 Å². The first-order valence-electron chi connectivity index (χ1n) is 7.75. The monoisotopic (exact) mass is 295 g/mol. The number of rotatable bonds is 8. The van der Waals surface area contributed by atoms with E-state index in [0.717, 1.165) is 38.0 Å². The fourth-order valence-electron chi connectivity index (χ4n) is 2.32. The smallest absolute Gasteiger partial charge is 0.246 e. The van der Waals surface area contributed by atoms with Crippen LogP contribution in [0.3, 0.4) is 0 Å². The van der Waals surface area contributed by atoms with Crippen LogP contribution in [-0.4, -0.2) is 41.6 Å². The van der Waals surface area contributed by atoms with E-state index in [9.17, 15) is 4.79 Å². The molecular weight excluding hydrogens is 270 g/mol. The predicted molar refractivity (Wildman–Crippen MR) is 78.8 cm³/mol. The van der Waals surface area contributed by atoms with Crippen LogP contribution in [0.25, 0.3) is 0 Å². The Hall–Kier alpha value is -1.40. The maximum Gasteiger partial charge on any atom is 0.246 e.